The zero-order valence-corrected chi connectivity index (χ0v) is 10.3. The fourth-order valence-corrected chi connectivity index (χ4v) is 2.48. The predicted molar refractivity (Wildman–Crippen MR) is 63.7 cm³/mol. The lowest BCUT2D eigenvalue weighted by molar-refractivity contribution is 0.0855. The van der Waals surface area contributed by atoms with Crippen LogP contribution >= 0.6 is 11.6 Å². The van der Waals surface area contributed by atoms with E-state index in [0.717, 1.165) is 12.8 Å². The van der Waals surface area contributed by atoms with E-state index in [-0.39, 0.29) is 6.10 Å². The Morgan fingerprint density at radius 3 is 2.81 bits per heavy atom. The van der Waals surface area contributed by atoms with Crippen LogP contribution in [0.5, 0.6) is 5.88 Å². The first kappa shape index (κ1) is 11.6. The average Bonchev–Trinajstić information content (AvgIpc) is 2.33. The van der Waals surface area contributed by atoms with Crippen molar-refractivity contribution in [3.63, 3.8) is 0 Å². The van der Waals surface area contributed by atoms with Gasteiger partial charge in [0.1, 0.15) is 6.10 Å². The summed E-state index contributed by atoms with van der Waals surface area (Å²) in [5, 5.41) is 0.364. The predicted octanol–water partition coefficient (Wildman–Crippen LogP) is 3.48. The topological polar surface area (TPSA) is 35.0 Å². The molecule has 0 N–H and O–H groups in total. The maximum Gasteiger partial charge on any atom is 0.252 e. The minimum atomic E-state index is 0.257. The number of hydrogen-bond donors (Lipinski definition) is 0. The van der Waals surface area contributed by atoms with Crippen LogP contribution in [0.4, 0.5) is 0 Å². The first-order valence-corrected chi connectivity index (χ1v) is 6.32. The highest BCUT2D eigenvalue weighted by Gasteiger charge is 2.26. The standard InChI is InChI=1S/C12H17ClN2O/c1-2-9-5-3-4-6-10(9)16-12-11(13)14-7-8-15-12/h7-10H,2-6H2,1H3. The summed E-state index contributed by atoms with van der Waals surface area (Å²) in [6.07, 6.45) is 9.50. The van der Waals surface area contributed by atoms with Gasteiger partial charge in [-0.3, -0.25) is 0 Å². The van der Waals surface area contributed by atoms with Crippen LogP contribution in [-0.4, -0.2) is 16.1 Å². The number of hydrogen-bond acceptors (Lipinski definition) is 3. The summed E-state index contributed by atoms with van der Waals surface area (Å²) in [6, 6.07) is 0. The van der Waals surface area contributed by atoms with E-state index in [1.165, 1.54) is 19.3 Å². The number of halogens is 1. The summed E-state index contributed by atoms with van der Waals surface area (Å²) < 4.78 is 5.88. The molecule has 2 unspecified atom stereocenters. The molecule has 88 valence electrons. The van der Waals surface area contributed by atoms with E-state index < -0.39 is 0 Å². The lowest BCUT2D eigenvalue weighted by Crippen LogP contribution is -2.30. The van der Waals surface area contributed by atoms with Crippen molar-refractivity contribution in [1.29, 1.82) is 0 Å². The third-order valence-electron chi connectivity index (χ3n) is 3.25. The molecule has 16 heavy (non-hydrogen) atoms. The SMILES string of the molecule is CCC1CCCCC1Oc1nccnc1Cl. The van der Waals surface area contributed by atoms with Crippen molar-refractivity contribution < 1.29 is 4.74 Å². The van der Waals surface area contributed by atoms with Crippen LogP contribution in [0.3, 0.4) is 0 Å². The van der Waals surface area contributed by atoms with Gasteiger partial charge >= 0.3 is 0 Å². The molecule has 1 aliphatic rings. The first-order valence-electron chi connectivity index (χ1n) is 5.94. The molecule has 1 fully saturated rings. The Bertz CT molecular complexity index is 346. The van der Waals surface area contributed by atoms with Crippen molar-refractivity contribution in [3.05, 3.63) is 17.5 Å². The van der Waals surface area contributed by atoms with Gasteiger partial charge in [0.05, 0.1) is 0 Å². The second kappa shape index (κ2) is 5.48. The Labute approximate surface area is 101 Å². The zero-order chi connectivity index (χ0) is 11.4. The van der Waals surface area contributed by atoms with E-state index in [0.29, 0.717) is 17.0 Å². The maximum atomic E-state index is 5.94. The second-order valence-corrected chi connectivity index (χ2v) is 4.62. The average molecular weight is 241 g/mol. The fraction of sp³-hybridized carbons (Fsp3) is 0.667. The summed E-state index contributed by atoms with van der Waals surface area (Å²) in [5.41, 5.74) is 0. The Morgan fingerprint density at radius 1 is 1.31 bits per heavy atom. The largest absolute Gasteiger partial charge is 0.472 e. The van der Waals surface area contributed by atoms with Gasteiger partial charge in [-0.05, 0) is 31.6 Å². The van der Waals surface area contributed by atoms with Gasteiger partial charge in [-0.2, -0.15) is 0 Å². The fourth-order valence-electron chi connectivity index (χ4n) is 2.33. The zero-order valence-electron chi connectivity index (χ0n) is 9.53. The molecule has 2 atom stereocenters. The molecule has 0 bridgehead atoms. The first-order chi connectivity index (χ1) is 7.81. The lowest BCUT2D eigenvalue weighted by atomic mass is 9.85. The third kappa shape index (κ3) is 2.64. The highest BCUT2D eigenvalue weighted by atomic mass is 35.5. The molecular weight excluding hydrogens is 224 g/mol. The Kier molecular flexibility index (Phi) is 3.99. The molecule has 4 heteroatoms. The van der Waals surface area contributed by atoms with Crippen LogP contribution in [0.2, 0.25) is 5.15 Å². The number of rotatable bonds is 3. The Hall–Kier alpha value is -0.830. The molecule has 0 amide bonds. The van der Waals surface area contributed by atoms with E-state index in [9.17, 15) is 0 Å². The summed E-state index contributed by atoms with van der Waals surface area (Å²) in [4.78, 5) is 8.10. The molecule has 0 spiro atoms. The van der Waals surface area contributed by atoms with Gasteiger partial charge in [-0.1, -0.05) is 24.9 Å². The van der Waals surface area contributed by atoms with Gasteiger partial charge in [-0.25, -0.2) is 9.97 Å². The van der Waals surface area contributed by atoms with Crippen LogP contribution in [-0.2, 0) is 0 Å². The van der Waals surface area contributed by atoms with Crippen LogP contribution in [0.25, 0.3) is 0 Å². The van der Waals surface area contributed by atoms with E-state index in [1.807, 2.05) is 0 Å². The molecule has 1 aromatic heterocycles. The van der Waals surface area contributed by atoms with Crippen LogP contribution < -0.4 is 4.74 Å². The molecule has 0 saturated heterocycles. The summed E-state index contributed by atoms with van der Waals surface area (Å²) in [5.74, 6) is 1.11. The van der Waals surface area contributed by atoms with E-state index in [2.05, 4.69) is 16.9 Å². The second-order valence-electron chi connectivity index (χ2n) is 4.26. The number of aromatic nitrogens is 2. The van der Waals surface area contributed by atoms with Gasteiger partial charge < -0.3 is 4.74 Å². The molecule has 1 aliphatic carbocycles. The third-order valence-corrected chi connectivity index (χ3v) is 3.51. The molecule has 0 aliphatic heterocycles. The highest BCUT2D eigenvalue weighted by molar-refractivity contribution is 6.30. The molecule has 1 heterocycles. The van der Waals surface area contributed by atoms with Crippen molar-refractivity contribution in [2.24, 2.45) is 5.92 Å². The maximum absolute atomic E-state index is 5.94. The van der Waals surface area contributed by atoms with Crippen LogP contribution in [0, 0.1) is 5.92 Å². The lowest BCUT2D eigenvalue weighted by Gasteiger charge is -2.30. The molecule has 2 rings (SSSR count). The van der Waals surface area contributed by atoms with E-state index in [1.54, 1.807) is 12.4 Å². The quantitative estimate of drug-likeness (QED) is 0.812. The normalized spacial score (nSPS) is 25.4. The minimum absolute atomic E-state index is 0.257. The molecule has 1 saturated carbocycles. The van der Waals surface area contributed by atoms with Crippen molar-refractivity contribution in [2.45, 2.75) is 45.1 Å². The van der Waals surface area contributed by atoms with Gasteiger partial charge in [-0.15, -0.1) is 0 Å². The molecule has 0 aromatic carbocycles. The monoisotopic (exact) mass is 240 g/mol. The summed E-state index contributed by atoms with van der Waals surface area (Å²) >= 11 is 5.94. The van der Waals surface area contributed by atoms with Crippen molar-refractivity contribution >= 4 is 11.6 Å². The summed E-state index contributed by atoms with van der Waals surface area (Å²) in [7, 11) is 0. The van der Waals surface area contributed by atoms with Crippen molar-refractivity contribution in [2.75, 3.05) is 0 Å². The molecular formula is C12H17ClN2O. The van der Waals surface area contributed by atoms with Gasteiger partial charge in [0.15, 0.2) is 5.15 Å². The van der Waals surface area contributed by atoms with Gasteiger partial charge in [0, 0.05) is 12.4 Å². The molecule has 0 radical (unpaired) electrons. The van der Waals surface area contributed by atoms with Gasteiger partial charge in [0.25, 0.3) is 5.88 Å². The number of nitrogens with zero attached hydrogens (tertiary/aromatic N) is 2. The van der Waals surface area contributed by atoms with Gasteiger partial charge in [0.2, 0.25) is 0 Å². The van der Waals surface area contributed by atoms with Crippen LogP contribution in [0.15, 0.2) is 12.4 Å². The minimum Gasteiger partial charge on any atom is -0.472 e. The van der Waals surface area contributed by atoms with E-state index in [4.69, 9.17) is 16.3 Å². The van der Waals surface area contributed by atoms with Crippen LogP contribution in [0.1, 0.15) is 39.0 Å². The Balaban J connectivity index is 2.05. The Morgan fingerprint density at radius 2 is 2.06 bits per heavy atom. The summed E-state index contributed by atoms with van der Waals surface area (Å²) in [6.45, 7) is 2.21. The number of ether oxygens (including phenoxy) is 1. The molecule has 1 aromatic rings. The van der Waals surface area contributed by atoms with Crippen molar-refractivity contribution in [1.82, 2.24) is 9.97 Å². The smallest absolute Gasteiger partial charge is 0.252 e. The highest BCUT2D eigenvalue weighted by Crippen LogP contribution is 2.31. The molecule has 3 nitrogen and oxygen atoms in total. The van der Waals surface area contributed by atoms with Crippen molar-refractivity contribution in [3.8, 4) is 5.88 Å². The van der Waals surface area contributed by atoms with E-state index >= 15 is 0 Å².